The van der Waals surface area contributed by atoms with E-state index in [4.69, 9.17) is 4.74 Å². The quantitative estimate of drug-likeness (QED) is 0.736. The van der Waals surface area contributed by atoms with Crippen molar-refractivity contribution in [2.24, 2.45) is 5.92 Å². The highest BCUT2D eigenvalue weighted by Crippen LogP contribution is 2.28. The van der Waals surface area contributed by atoms with E-state index < -0.39 is 6.04 Å². The lowest BCUT2D eigenvalue weighted by Gasteiger charge is -2.23. The van der Waals surface area contributed by atoms with Gasteiger partial charge in [0, 0.05) is 13.5 Å². The molecule has 1 unspecified atom stereocenters. The van der Waals surface area contributed by atoms with Crippen LogP contribution in [0.25, 0.3) is 0 Å². The molecule has 5 heteroatoms. The molecule has 0 heterocycles. The summed E-state index contributed by atoms with van der Waals surface area (Å²) in [6.07, 6.45) is 4.23. The Kier molecular flexibility index (Phi) is 7.06. The largest absolute Gasteiger partial charge is 0.489 e. The highest BCUT2D eigenvalue weighted by molar-refractivity contribution is 5.87. The lowest BCUT2D eigenvalue weighted by atomic mass is 9.97. The van der Waals surface area contributed by atoms with E-state index in [2.05, 4.69) is 10.6 Å². The third-order valence-corrected chi connectivity index (χ3v) is 5.15. The molecule has 1 aliphatic rings. The summed E-state index contributed by atoms with van der Waals surface area (Å²) < 4.78 is 5.79. The van der Waals surface area contributed by atoms with E-state index >= 15 is 0 Å². The lowest BCUT2D eigenvalue weighted by Crippen LogP contribution is -2.49. The number of carbonyl (C=O) groups excluding carboxylic acids is 2. The van der Waals surface area contributed by atoms with E-state index in [0.29, 0.717) is 13.2 Å². The predicted octanol–water partition coefficient (Wildman–Crippen LogP) is 3.58. The van der Waals surface area contributed by atoms with Crippen LogP contribution in [0.4, 0.5) is 0 Å². The van der Waals surface area contributed by atoms with Gasteiger partial charge in [0.15, 0.2) is 0 Å². The van der Waals surface area contributed by atoms with Gasteiger partial charge in [0.25, 0.3) is 0 Å². The van der Waals surface area contributed by atoms with Crippen LogP contribution >= 0.6 is 0 Å². The molecule has 0 aromatic heterocycles. The summed E-state index contributed by atoms with van der Waals surface area (Å²) in [6, 6.07) is 17.3. The van der Waals surface area contributed by atoms with Gasteiger partial charge in [-0.25, -0.2) is 0 Å². The molecular weight excluding hydrogens is 352 g/mol. The predicted molar refractivity (Wildman–Crippen MR) is 109 cm³/mol. The Morgan fingerprint density at radius 2 is 1.68 bits per heavy atom. The van der Waals surface area contributed by atoms with Crippen LogP contribution in [0.15, 0.2) is 54.6 Å². The number of ether oxygens (including phenoxy) is 1. The van der Waals surface area contributed by atoms with Gasteiger partial charge in [-0.3, -0.25) is 9.59 Å². The highest BCUT2D eigenvalue weighted by Gasteiger charge is 2.31. The third kappa shape index (κ3) is 5.84. The summed E-state index contributed by atoms with van der Waals surface area (Å²) in [4.78, 5) is 24.1. The first-order valence-electron chi connectivity index (χ1n) is 9.92. The molecule has 1 saturated carbocycles. The molecule has 0 radical (unpaired) electrons. The fourth-order valence-corrected chi connectivity index (χ4v) is 3.65. The maximum Gasteiger partial charge on any atom is 0.243 e. The van der Waals surface area contributed by atoms with Gasteiger partial charge in [-0.15, -0.1) is 0 Å². The van der Waals surface area contributed by atoms with E-state index in [1.165, 1.54) is 6.92 Å². The summed E-state index contributed by atoms with van der Waals surface area (Å²) in [6.45, 7) is 2.42. The Labute approximate surface area is 166 Å². The van der Waals surface area contributed by atoms with Crippen LogP contribution in [0.5, 0.6) is 5.75 Å². The van der Waals surface area contributed by atoms with Gasteiger partial charge < -0.3 is 15.4 Å². The molecule has 0 spiro atoms. The summed E-state index contributed by atoms with van der Waals surface area (Å²) in [5.74, 6) is 0.761. The van der Waals surface area contributed by atoms with E-state index in [0.717, 1.165) is 42.6 Å². The molecule has 1 fully saturated rings. The normalized spacial score (nSPS) is 15.0. The summed E-state index contributed by atoms with van der Waals surface area (Å²) in [7, 11) is 0. The Bertz CT molecular complexity index is 768. The van der Waals surface area contributed by atoms with Crippen molar-refractivity contribution in [3.63, 3.8) is 0 Å². The van der Waals surface area contributed by atoms with E-state index in [1.54, 1.807) is 0 Å². The van der Waals surface area contributed by atoms with Crippen molar-refractivity contribution >= 4 is 11.8 Å². The van der Waals surface area contributed by atoms with Crippen LogP contribution in [-0.2, 0) is 22.7 Å². The fourth-order valence-electron chi connectivity index (χ4n) is 3.65. The number of benzene rings is 2. The second-order valence-corrected chi connectivity index (χ2v) is 7.36. The Morgan fingerprint density at radius 3 is 2.32 bits per heavy atom. The number of hydrogen-bond donors (Lipinski definition) is 2. The number of amides is 2. The van der Waals surface area contributed by atoms with Gasteiger partial charge in [0.2, 0.25) is 11.8 Å². The smallest absolute Gasteiger partial charge is 0.243 e. The summed E-state index contributed by atoms with van der Waals surface area (Å²) in [5.41, 5.74) is 2.11. The monoisotopic (exact) mass is 380 g/mol. The number of nitrogens with one attached hydrogen (secondary N) is 2. The molecular formula is C23H28N2O3. The molecule has 0 aliphatic heterocycles. The molecule has 2 aromatic carbocycles. The van der Waals surface area contributed by atoms with Gasteiger partial charge >= 0.3 is 0 Å². The first kappa shape index (κ1) is 19.9. The highest BCUT2D eigenvalue weighted by atomic mass is 16.5. The van der Waals surface area contributed by atoms with Crippen LogP contribution in [0.1, 0.15) is 43.7 Å². The van der Waals surface area contributed by atoms with Crippen molar-refractivity contribution in [2.45, 2.75) is 51.8 Å². The van der Waals surface area contributed by atoms with Crippen LogP contribution in [0.3, 0.4) is 0 Å². The first-order chi connectivity index (χ1) is 13.6. The fraction of sp³-hybridized carbons (Fsp3) is 0.391. The maximum atomic E-state index is 12.6. The number of rotatable bonds is 8. The first-order valence-corrected chi connectivity index (χ1v) is 9.92. The van der Waals surface area contributed by atoms with E-state index in [9.17, 15) is 9.59 Å². The van der Waals surface area contributed by atoms with Crippen molar-refractivity contribution in [3.05, 3.63) is 65.7 Å². The molecule has 3 rings (SSSR count). The van der Waals surface area contributed by atoms with Crippen molar-refractivity contribution < 1.29 is 14.3 Å². The van der Waals surface area contributed by atoms with Crippen LogP contribution in [0, 0.1) is 5.92 Å². The van der Waals surface area contributed by atoms with Crippen molar-refractivity contribution in [1.82, 2.24) is 10.6 Å². The van der Waals surface area contributed by atoms with Crippen molar-refractivity contribution in [1.29, 1.82) is 0 Å². The second kappa shape index (κ2) is 9.93. The zero-order valence-corrected chi connectivity index (χ0v) is 16.3. The summed E-state index contributed by atoms with van der Waals surface area (Å²) in [5, 5.41) is 5.79. The number of hydrogen-bond acceptors (Lipinski definition) is 3. The Balaban J connectivity index is 1.50. The van der Waals surface area contributed by atoms with Crippen LogP contribution in [-0.4, -0.2) is 17.9 Å². The molecule has 1 aliphatic carbocycles. The Hall–Kier alpha value is -2.82. The lowest BCUT2D eigenvalue weighted by molar-refractivity contribution is -0.129. The van der Waals surface area contributed by atoms with E-state index in [1.807, 2.05) is 54.6 Å². The zero-order valence-electron chi connectivity index (χ0n) is 16.3. The minimum Gasteiger partial charge on any atom is -0.489 e. The average Bonchev–Trinajstić information content (AvgIpc) is 3.24. The van der Waals surface area contributed by atoms with Gasteiger partial charge in [-0.05, 0) is 42.0 Å². The molecule has 5 nitrogen and oxygen atoms in total. The molecule has 28 heavy (non-hydrogen) atoms. The molecule has 2 aromatic rings. The average molecular weight is 380 g/mol. The van der Waals surface area contributed by atoms with Crippen molar-refractivity contribution in [3.8, 4) is 5.75 Å². The SMILES string of the molecule is CC(=O)NC(C(=O)NCc1ccc(OCc2ccccc2)cc1)C1CCCC1. The maximum absolute atomic E-state index is 12.6. The van der Waals surface area contributed by atoms with E-state index in [-0.39, 0.29) is 17.7 Å². The zero-order chi connectivity index (χ0) is 19.8. The van der Waals surface area contributed by atoms with Crippen LogP contribution < -0.4 is 15.4 Å². The minimum atomic E-state index is -0.437. The van der Waals surface area contributed by atoms with Gasteiger partial charge in [0.1, 0.15) is 18.4 Å². The minimum absolute atomic E-state index is 0.105. The summed E-state index contributed by atoms with van der Waals surface area (Å²) >= 11 is 0. The molecule has 148 valence electrons. The topological polar surface area (TPSA) is 67.4 Å². The van der Waals surface area contributed by atoms with Gasteiger partial charge in [-0.1, -0.05) is 55.3 Å². The van der Waals surface area contributed by atoms with Gasteiger partial charge in [-0.2, -0.15) is 0 Å². The van der Waals surface area contributed by atoms with Gasteiger partial charge in [0.05, 0.1) is 0 Å². The second-order valence-electron chi connectivity index (χ2n) is 7.36. The molecule has 0 bridgehead atoms. The van der Waals surface area contributed by atoms with Crippen molar-refractivity contribution in [2.75, 3.05) is 0 Å². The third-order valence-electron chi connectivity index (χ3n) is 5.15. The molecule has 1 atom stereocenters. The Morgan fingerprint density at radius 1 is 1.00 bits per heavy atom. The van der Waals surface area contributed by atoms with Crippen LogP contribution in [0.2, 0.25) is 0 Å². The standard InChI is InChI=1S/C23H28N2O3/c1-17(26)25-22(20-9-5-6-10-20)23(27)24-15-18-11-13-21(14-12-18)28-16-19-7-3-2-4-8-19/h2-4,7-8,11-14,20,22H,5-6,9-10,15-16H2,1H3,(H,24,27)(H,25,26). The number of carbonyl (C=O) groups is 2. The molecule has 2 amide bonds. The molecule has 0 saturated heterocycles. The molecule has 2 N–H and O–H groups in total.